The fourth-order valence-corrected chi connectivity index (χ4v) is 2.15. The van der Waals surface area contributed by atoms with Crippen molar-refractivity contribution in [3.63, 3.8) is 0 Å². The first-order valence-corrected chi connectivity index (χ1v) is 7.96. The van der Waals surface area contributed by atoms with Crippen molar-refractivity contribution in [2.24, 2.45) is 0 Å². The molecule has 2 rings (SSSR count). The lowest BCUT2D eigenvalue weighted by Gasteiger charge is -2.05. The maximum absolute atomic E-state index is 5.71. The normalized spacial score (nSPS) is 11.0. The first kappa shape index (κ1) is 15.0. The summed E-state index contributed by atoms with van der Waals surface area (Å²) in [5.74, 6) is 1.71. The van der Waals surface area contributed by atoms with Crippen LogP contribution in [-0.4, -0.2) is 12.3 Å². The van der Waals surface area contributed by atoms with Crippen LogP contribution in [0.3, 0.4) is 0 Å². The highest BCUT2D eigenvalue weighted by atomic mass is 32.2. The minimum atomic E-state index is 0.459. The van der Waals surface area contributed by atoms with E-state index in [0.717, 1.165) is 23.6 Å². The second-order valence-electron chi connectivity index (χ2n) is 4.92. The number of ether oxygens (including phenoxy) is 1. The Hall–Kier alpha value is -1.39. The van der Waals surface area contributed by atoms with Crippen LogP contribution in [0.25, 0.3) is 0 Å². The van der Waals surface area contributed by atoms with Gasteiger partial charge in [-0.3, -0.25) is 0 Å². The molecule has 0 unspecified atom stereocenters. The Balaban J connectivity index is 1.84. The molecule has 0 saturated carbocycles. The van der Waals surface area contributed by atoms with Crippen LogP contribution >= 0.6 is 11.8 Å². The van der Waals surface area contributed by atoms with Gasteiger partial charge in [-0.1, -0.05) is 13.8 Å². The van der Waals surface area contributed by atoms with Gasteiger partial charge in [0, 0.05) is 23.0 Å². The lowest BCUT2D eigenvalue weighted by atomic mass is 10.3. The number of nitrogens with one attached hydrogen (secondary N) is 1. The molecule has 1 aromatic heterocycles. The number of furan rings is 1. The summed E-state index contributed by atoms with van der Waals surface area (Å²) in [6.45, 7) is 5.54. The molecule has 0 saturated heterocycles. The van der Waals surface area contributed by atoms with Crippen LogP contribution in [-0.2, 0) is 13.2 Å². The minimum absolute atomic E-state index is 0.459. The topological polar surface area (TPSA) is 34.4 Å². The standard InChI is InChI=1S/C16H21NO2S/c1-12(2)17-9-13-8-15(18-10-13)11-19-14-4-6-16(20-3)7-5-14/h4-8,10,12,17H,9,11H2,1-3H3. The Bertz CT molecular complexity index is 520. The molecule has 108 valence electrons. The molecule has 0 radical (unpaired) electrons. The monoisotopic (exact) mass is 291 g/mol. The third-order valence-electron chi connectivity index (χ3n) is 2.86. The average molecular weight is 291 g/mol. The van der Waals surface area contributed by atoms with Gasteiger partial charge in [-0.2, -0.15) is 0 Å². The van der Waals surface area contributed by atoms with Crippen LogP contribution in [0.2, 0.25) is 0 Å². The Morgan fingerprint density at radius 2 is 2.00 bits per heavy atom. The zero-order valence-corrected chi connectivity index (χ0v) is 13.0. The van der Waals surface area contributed by atoms with E-state index in [4.69, 9.17) is 9.15 Å². The quantitative estimate of drug-likeness (QED) is 0.780. The number of hydrogen-bond donors (Lipinski definition) is 1. The molecule has 0 amide bonds. The number of rotatable bonds is 7. The van der Waals surface area contributed by atoms with Crippen molar-refractivity contribution in [1.29, 1.82) is 0 Å². The molecule has 0 spiro atoms. The van der Waals surface area contributed by atoms with E-state index in [-0.39, 0.29) is 0 Å². The molecule has 1 heterocycles. The van der Waals surface area contributed by atoms with Crippen LogP contribution in [0.4, 0.5) is 0 Å². The fourth-order valence-electron chi connectivity index (χ4n) is 1.74. The lowest BCUT2D eigenvalue weighted by molar-refractivity contribution is 0.270. The van der Waals surface area contributed by atoms with Gasteiger partial charge in [0.1, 0.15) is 18.1 Å². The molecule has 1 N–H and O–H groups in total. The highest BCUT2D eigenvalue weighted by Gasteiger charge is 2.04. The van der Waals surface area contributed by atoms with E-state index >= 15 is 0 Å². The van der Waals surface area contributed by atoms with Gasteiger partial charge in [-0.25, -0.2) is 0 Å². The molecule has 0 aliphatic rings. The van der Waals surface area contributed by atoms with E-state index < -0.39 is 0 Å². The van der Waals surface area contributed by atoms with Gasteiger partial charge < -0.3 is 14.5 Å². The van der Waals surface area contributed by atoms with Crippen LogP contribution in [0.1, 0.15) is 25.2 Å². The number of hydrogen-bond acceptors (Lipinski definition) is 4. The zero-order chi connectivity index (χ0) is 14.4. The molecular formula is C16H21NO2S. The summed E-state index contributed by atoms with van der Waals surface area (Å²) in [4.78, 5) is 1.23. The predicted octanol–water partition coefficient (Wildman–Crippen LogP) is 4.08. The second kappa shape index (κ2) is 7.41. The van der Waals surface area contributed by atoms with Gasteiger partial charge in [0.05, 0.1) is 6.26 Å². The number of thioether (sulfide) groups is 1. The molecule has 4 heteroatoms. The zero-order valence-electron chi connectivity index (χ0n) is 12.2. The first-order chi connectivity index (χ1) is 9.67. The molecule has 3 nitrogen and oxygen atoms in total. The number of benzene rings is 1. The summed E-state index contributed by atoms with van der Waals surface area (Å²) in [7, 11) is 0. The molecule has 20 heavy (non-hydrogen) atoms. The SMILES string of the molecule is CSc1ccc(OCc2cc(CNC(C)C)co2)cc1. The molecule has 0 aliphatic heterocycles. The Morgan fingerprint density at radius 3 is 2.65 bits per heavy atom. The van der Waals surface area contributed by atoms with E-state index in [1.807, 2.05) is 18.2 Å². The van der Waals surface area contributed by atoms with E-state index in [1.54, 1.807) is 18.0 Å². The molecule has 2 aromatic rings. The average Bonchev–Trinajstić information content (AvgIpc) is 2.91. The van der Waals surface area contributed by atoms with Crippen LogP contribution in [0.5, 0.6) is 5.75 Å². The van der Waals surface area contributed by atoms with Gasteiger partial charge in [-0.05, 0) is 36.6 Å². The van der Waals surface area contributed by atoms with Gasteiger partial charge >= 0.3 is 0 Å². The summed E-state index contributed by atoms with van der Waals surface area (Å²) in [5.41, 5.74) is 1.15. The second-order valence-corrected chi connectivity index (χ2v) is 5.80. The van der Waals surface area contributed by atoms with Gasteiger partial charge in [0.15, 0.2) is 0 Å². The molecule has 0 fully saturated rings. The highest BCUT2D eigenvalue weighted by molar-refractivity contribution is 7.98. The summed E-state index contributed by atoms with van der Waals surface area (Å²) in [6.07, 6.45) is 3.84. The van der Waals surface area contributed by atoms with E-state index in [9.17, 15) is 0 Å². The fraction of sp³-hybridized carbons (Fsp3) is 0.375. The molecule has 1 aromatic carbocycles. The largest absolute Gasteiger partial charge is 0.486 e. The van der Waals surface area contributed by atoms with Gasteiger partial charge in [0.2, 0.25) is 0 Å². The van der Waals surface area contributed by atoms with E-state index in [0.29, 0.717) is 12.6 Å². The molecule has 0 bridgehead atoms. The molecular weight excluding hydrogens is 270 g/mol. The van der Waals surface area contributed by atoms with Crippen molar-refractivity contribution in [2.75, 3.05) is 6.26 Å². The Labute approximate surface area is 124 Å². The third-order valence-corrected chi connectivity index (χ3v) is 3.61. The van der Waals surface area contributed by atoms with Gasteiger partial charge in [-0.15, -0.1) is 11.8 Å². The maximum Gasteiger partial charge on any atom is 0.146 e. The predicted molar refractivity (Wildman–Crippen MR) is 83.2 cm³/mol. The lowest BCUT2D eigenvalue weighted by Crippen LogP contribution is -2.21. The van der Waals surface area contributed by atoms with Gasteiger partial charge in [0.25, 0.3) is 0 Å². The minimum Gasteiger partial charge on any atom is -0.486 e. The summed E-state index contributed by atoms with van der Waals surface area (Å²) in [5, 5.41) is 3.36. The van der Waals surface area contributed by atoms with Crippen molar-refractivity contribution in [1.82, 2.24) is 5.32 Å². The van der Waals surface area contributed by atoms with Crippen molar-refractivity contribution in [2.45, 2.75) is 37.9 Å². The first-order valence-electron chi connectivity index (χ1n) is 6.74. The Morgan fingerprint density at radius 1 is 1.25 bits per heavy atom. The molecule has 0 aliphatic carbocycles. The maximum atomic E-state index is 5.71. The third kappa shape index (κ3) is 4.62. The van der Waals surface area contributed by atoms with Crippen LogP contribution in [0, 0.1) is 0 Å². The van der Waals surface area contributed by atoms with E-state index in [2.05, 4.69) is 37.6 Å². The summed E-state index contributed by atoms with van der Waals surface area (Å²) in [6, 6.07) is 10.6. The van der Waals surface area contributed by atoms with Crippen molar-refractivity contribution in [3.8, 4) is 5.75 Å². The van der Waals surface area contributed by atoms with Crippen molar-refractivity contribution in [3.05, 3.63) is 47.9 Å². The summed E-state index contributed by atoms with van der Waals surface area (Å²) < 4.78 is 11.2. The molecule has 0 atom stereocenters. The van der Waals surface area contributed by atoms with Crippen LogP contribution in [0.15, 0.2) is 45.9 Å². The van der Waals surface area contributed by atoms with Crippen molar-refractivity contribution >= 4 is 11.8 Å². The smallest absolute Gasteiger partial charge is 0.146 e. The Kier molecular flexibility index (Phi) is 5.56. The van der Waals surface area contributed by atoms with E-state index in [1.165, 1.54) is 4.90 Å². The highest BCUT2D eigenvalue weighted by Crippen LogP contribution is 2.20. The van der Waals surface area contributed by atoms with Crippen LogP contribution < -0.4 is 10.1 Å². The summed E-state index contributed by atoms with van der Waals surface area (Å²) >= 11 is 1.72. The van der Waals surface area contributed by atoms with Crippen molar-refractivity contribution < 1.29 is 9.15 Å².